The number of anilines is 2. The number of fused-ring (bicyclic) bond motifs is 1. The number of hydrogen-bond donors (Lipinski definition) is 0. The number of oxazole rings is 1. The number of benzene rings is 2. The fourth-order valence-corrected chi connectivity index (χ4v) is 4.55. The van der Waals surface area contributed by atoms with Gasteiger partial charge in [-0.25, -0.2) is 4.39 Å². The van der Waals surface area contributed by atoms with Crippen LogP contribution >= 0.6 is 0 Å². The number of aromatic nitrogens is 1. The number of para-hydroxylation sites is 3. The Hall–Kier alpha value is -3.62. The number of ether oxygens (including phenoxy) is 1. The third-order valence-electron chi connectivity index (χ3n) is 6.54. The molecule has 2 aliphatic heterocycles. The third kappa shape index (κ3) is 4.69. The normalized spacial score (nSPS) is 17.3. The molecule has 8 nitrogen and oxygen atoms in total. The van der Waals surface area contributed by atoms with E-state index in [0.717, 1.165) is 11.1 Å². The maximum Gasteiger partial charge on any atom is 0.309 e. The Morgan fingerprint density at radius 1 is 0.941 bits per heavy atom. The molecule has 0 spiro atoms. The summed E-state index contributed by atoms with van der Waals surface area (Å²) < 4.78 is 25.2. The average Bonchev–Trinajstić information content (AvgIpc) is 3.32. The molecule has 9 heteroatoms. The highest BCUT2D eigenvalue weighted by Gasteiger charge is 2.30. The Morgan fingerprint density at radius 3 is 2.38 bits per heavy atom. The molecule has 3 heterocycles. The topological polar surface area (TPSA) is 79.1 Å². The maximum absolute atomic E-state index is 14.0. The van der Waals surface area contributed by atoms with Crippen LogP contribution in [0.1, 0.15) is 12.8 Å². The van der Waals surface area contributed by atoms with E-state index in [-0.39, 0.29) is 30.2 Å². The number of carbonyl (C=O) groups is 2. The molecule has 0 saturated carbocycles. The average molecular weight is 467 g/mol. The summed E-state index contributed by atoms with van der Waals surface area (Å²) in [4.78, 5) is 35.2. The largest absolute Gasteiger partial charge is 0.455 e. The lowest BCUT2D eigenvalue weighted by atomic mass is 9.97. The minimum Gasteiger partial charge on any atom is -0.455 e. The van der Waals surface area contributed by atoms with Gasteiger partial charge in [0.05, 0.1) is 11.6 Å². The lowest BCUT2D eigenvalue weighted by Crippen LogP contribution is -2.50. The fourth-order valence-electron chi connectivity index (χ4n) is 4.55. The first-order valence-electron chi connectivity index (χ1n) is 11.6. The van der Waals surface area contributed by atoms with Gasteiger partial charge in [0.15, 0.2) is 12.2 Å². The molecule has 0 unspecified atom stereocenters. The Labute approximate surface area is 196 Å². The number of rotatable bonds is 5. The number of hydrogen-bond acceptors (Lipinski definition) is 7. The maximum atomic E-state index is 14.0. The summed E-state index contributed by atoms with van der Waals surface area (Å²) in [5.74, 6) is -1.06. The number of piperidine rings is 1. The van der Waals surface area contributed by atoms with E-state index in [0.29, 0.717) is 63.8 Å². The summed E-state index contributed by atoms with van der Waals surface area (Å²) in [6.07, 6.45) is 1.24. The SMILES string of the molecule is O=C(OCC(=O)N1CCN(c2ccccc2F)CC1)C1CCN(c2nc3ccccc3o2)CC1. The van der Waals surface area contributed by atoms with Gasteiger partial charge < -0.3 is 23.9 Å². The molecule has 1 amide bonds. The highest BCUT2D eigenvalue weighted by molar-refractivity contribution is 5.81. The first kappa shape index (κ1) is 22.2. The van der Waals surface area contributed by atoms with Crippen LogP contribution < -0.4 is 9.80 Å². The summed E-state index contributed by atoms with van der Waals surface area (Å²) in [6, 6.07) is 14.8. The predicted octanol–water partition coefficient (Wildman–Crippen LogP) is 3.08. The molecule has 0 bridgehead atoms. The van der Waals surface area contributed by atoms with Crippen LogP contribution in [0.3, 0.4) is 0 Å². The van der Waals surface area contributed by atoms with E-state index in [1.165, 1.54) is 6.07 Å². The van der Waals surface area contributed by atoms with Crippen LogP contribution in [-0.2, 0) is 14.3 Å². The molecular formula is C25H27FN4O4. The standard InChI is InChI=1S/C25H27FN4O4/c26-19-5-1-3-7-21(19)28-13-15-29(16-14-28)23(31)17-33-24(32)18-9-11-30(12-10-18)25-27-20-6-2-4-8-22(20)34-25/h1-8,18H,9-17H2. The molecule has 2 aromatic carbocycles. The van der Waals surface area contributed by atoms with Crippen LogP contribution in [-0.4, -0.2) is 67.6 Å². The van der Waals surface area contributed by atoms with Crippen molar-refractivity contribution in [2.75, 3.05) is 55.7 Å². The van der Waals surface area contributed by atoms with Crippen LogP contribution in [0.25, 0.3) is 11.1 Å². The Morgan fingerprint density at radius 2 is 1.65 bits per heavy atom. The predicted molar refractivity (Wildman–Crippen MR) is 125 cm³/mol. The molecule has 3 aromatic rings. The van der Waals surface area contributed by atoms with E-state index in [1.807, 2.05) is 34.1 Å². The van der Waals surface area contributed by atoms with Gasteiger partial charge in [-0.3, -0.25) is 9.59 Å². The van der Waals surface area contributed by atoms with Crippen molar-refractivity contribution in [2.24, 2.45) is 5.92 Å². The van der Waals surface area contributed by atoms with Crippen molar-refractivity contribution in [3.8, 4) is 0 Å². The van der Waals surface area contributed by atoms with Crippen molar-refractivity contribution in [3.63, 3.8) is 0 Å². The summed E-state index contributed by atoms with van der Waals surface area (Å²) in [5, 5.41) is 0. The van der Waals surface area contributed by atoms with Gasteiger partial charge in [-0.1, -0.05) is 24.3 Å². The van der Waals surface area contributed by atoms with Crippen molar-refractivity contribution >= 4 is 34.7 Å². The zero-order valence-electron chi connectivity index (χ0n) is 18.9. The summed E-state index contributed by atoms with van der Waals surface area (Å²) in [5.41, 5.74) is 2.10. The highest BCUT2D eigenvalue weighted by atomic mass is 19.1. The van der Waals surface area contributed by atoms with Gasteiger partial charge in [-0.05, 0) is 37.1 Å². The van der Waals surface area contributed by atoms with Crippen molar-refractivity contribution in [2.45, 2.75) is 12.8 Å². The van der Waals surface area contributed by atoms with E-state index >= 15 is 0 Å². The number of halogens is 1. The van der Waals surface area contributed by atoms with Crippen molar-refractivity contribution in [1.29, 1.82) is 0 Å². The van der Waals surface area contributed by atoms with Crippen LogP contribution in [0.4, 0.5) is 16.1 Å². The molecule has 0 N–H and O–H groups in total. The second kappa shape index (κ2) is 9.70. The van der Waals surface area contributed by atoms with Gasteiger partial charge >= 0.3 is 5.97 Å². The van der Waals surface area contributed by atoms with Gasteiger partial charge in [0.2, 0.25) is 0 Å². The first-order chi connectivity index (χ1) is 16.6. The lowest BCUT2D eigenvalue weighted by Gasteiger charge is -2.36. The van der Waals surface area contributed by atoms with Crippen LogP contribution in [0.5, 0.6) is 0 Å². The zero-order chi connectivity index (χ0) is 23.5. The van der Waals surface area contributed by atoms with E-state index in [9.17, 15) is 14.0 Å². The fraction of sp³-hybridized carbons (Fsp3) is 0.400. The van der Waals surface area contributed by atoms with Gasteiger partial charge in [0.25, 0.3) is 11.9 Å². The number of amides is 1. The van der Waals surface area contributed by atoms with Crippen LogP contribution in [0, 0.1) is 11.7 Å². The van der Waals surface area contributed by atoms with E-state index in [4.69, 9.17) is 9.15 Å². The van der Waals surface area contributed by atoms with Gasteiger partial charge in [0, 0.05) is 39.3 Å². The number of carbonyl (C=O) groups excluding carboxylic acids is 2. The molecule has 2 fully saturated rings. The van der Waals surface area contributed by atoms with Crippen molar-refractivity contribution < 1.29 is 23.1 Å². The molecular weight excluding hydrogens is 439 g/mol. The smallest absolute Gasteiger partial charge is 0.309 e. The number of esters is 1. The summed E-state index contributed by atoms with van der Waals surface area (Å²) >= 11 is 0. The first-order valence-corrected chi connectivity index (χ1v) is 11.6. The molecule has 2 saturated heterocycles. The third-order valence-corrected chi connectivity index (χ3v) is 6.54. The molecule has 0 aliphatic carbocycles. The number of piperazine rings is 1. The second-order valence-corrected chi connectivity index (χ2v) is 8.65. The molecule has 2 aliphatic rings. The zero-order valence-corrected chi connectivity index (χ0v) is 18.9. The number of nitrogens with zero attached hydrogens (tertiary/aromatic N) is 4. The molecule has 178 valence electrons. The van der Waals surface area contributed by atoms with Crippen LogP contribution in [0.15, 0.2) is 52.9 Å². The van der Waals surface area contributed by atoms with E-state index < -0.39 is 0 Å². The van der Waals surface area contributed by atoms with Gasteiger partial charge in [-0.2, -0.15) is 4.98 Å². The van der Waals surface area contributed by atoms with Gasteiger partial charge in [0.1, 0.15) is 11.3 Å². The van der Waals surface area contributed by atoms with Crippen LogP contribution in [0.2, 0.25) is 0 Å². The lowest BCUT2D eigenvalue weighted by molar-refractivity contribution is -0.156. The summed E-state index contributed by atoms with van der Waals surface area (Å²) in [6.45, 7) is 3.02. The monoisotopic (exact) mass is 466 g/mol. The highest BCUT2D eigenvalue weighted by Crippen LogP contribution is 2.27. The van der Waals surface area contributed by atoms with Gasteiger partial charge in [-0.15, -0.1) is 0 Å². The molecule has 1 aromatic heterocycles. The summed E-state index contributed by atoms with van der Waals surface area (Å²) in [7, 11) is 0. The Balaban J connectivity index is 1.06. The minimum atomic E-state index is -0.337. The molecule has 5 rings (SSSR count). The van der Waals surface area contributed by atoms with E-state index in [1.54, 1.807) is 23.1 Å². The second-order valence-electron chi connectivity index (χ2n) is 8.65. The molecule has 0 radical (unpaired) electrons. The Bertz CT molecular complexity index is 1130. The quantitative estimate of drug-likeness (QED) is 0.535. The van der Waals surface area contributed by atoms with Crippen molar-refractivity contribution in [1.82, 2.24) is 9.88 Å². The van der Waals surface area contributed by atoms with E-state index in [2.05, 4.69) is 4.98 Å². The van der Waals surface area contributed by atoms with Crippen molar-refractivity contribution in [3.05, 3.63) is 54.3 Å². The molecule has 34 heavy (non-hydrogen) atoms. The Kier molecular flexibility index (Phi) is 6.33. The minimum absolute atomic E-state index is 0.217. The molecule has 0 atom stereocenters.